The Bertz CT molecular complexity index is 842. The number of hydrogen-bond acceptors (Lipinski definition) is 6. The van der Waals surface area contributed by atoms with Gasteiger partial charge >= 0.3 is 0 Å². The topological polar surface area (TPSA) is 109 Å². The molecule has 2 N–H and O–H groups in total. The molecule has 0 atom stereocenters. The number of aromatic hydroxyl groups is 1. The number of carbonyl (C=O) groups excluding carboxylic acids is 1. The first-order valence-electron chi connectivity index (χ1n) is 7.70. The highest BCUT2D eigenvalue weighted by molar-refractivity contribution is 7.89. The van der Waals surface area contributed by atoms with E-state index in [0.717, 1.165) is 0 Å². The Kier molecular flexibility index (Phi) is 5.07. The SMILES string of the molecule is O=C(NCc1ccco1)c1cc(S(=O)(=O)N2CCOCC2)ccc1O. The standard InChI is InChI=1S/C16H18N2O6S/c19-15-4-3-13(25(21,22)18-5-8-23-9-6-18)10-14(15)16(20)17-11-12-2-1-7-24-12/h1-4,7,10,19H,5-6,8-9,11H2,(H,17,20). The number of sulfonamides is 1. The molecule has 0 radical (unpaired) electrons. The molecule has 2 heterocycles. The predicted octanol–water partition coefficient (Wildman–Crippen LogP) is 0.936. The number of benzene rings is 1. The summed E-state index contributed by atoms with van der Waals surface area (Å²) in [5.74, 6) is -0.337. The average Bonchev–Trinajstić information content (AvgIpc) is 3.14. The van der Waals surface area contributed by atoms with Crippen molar-refractivity contribution in [1.82, 2.24) is 9.62 Å². The Hall–Kier alpha value is -2.36. The second-order valence-corrected chi connectivity index (χ2v) is 7.40. The van der Waals surface area contributed by atoms with Crippen LogP contribution in [0.3, 0.4) is 0 Å². The zero-order valence-electron chi connectivity index (χ0n) is 13.3. The molecule has 9 heteroatoms. The van der Waals surface area contributed by atoms with Crippen molar-refractivity contribution in [1.29, 1.82) is 0 Å². The lowest BCUT2D eigenvalue weighted by Crippen LogP contribution is -2.40. The number of furan rings is 1. The fourth-order valence-corrected chi connectivity index (χ4v) is 3.90. The van der Waals surface area contributed by atoms with Crippen LogP contribution in [0.2, 0.25) is 0 Å². The minimum absolute atomic E-state index is 0.0460. The summed E-state index contributed by atoms with van der Waals surface area (Å²) in [5, 5.41) is 12.5. The van der Waals surface area contributed by atoms with Crippen molar-refractivity contribution in [2.24, 2.45) is 0 Å². The van der Waals surface area contributed by atoms with Gasteiger partial charge in [-0.25, -0.2) is 8.42 Å². The second kappa shape index (κ2) is 7.26. The first-order valence-corrected chi connectivity index (χ1v) is 9.14. The van der Waals surface area contributed by atoms with E-state index < -0.39 is 15.9 Å². The van der Waals surface area contributed by atoms with E-state index in [-0.39, 0.29) is 35.8 Å². The van der Waals surface area contributed by atoms with Crippen molar-refractivity contribution in [3.63, 3.8) is 0 Å². The molecule has 1 aromatic carbocycles. The number of amides is 1. The van der Waals surface area contributed by atoms with Gasteiger partial charge in [-0.3, -0.25) is 4.79 Å². The van der Waals surface area contributed by atoms with E-state index in [0.29, 0.717) is 19.0 Å². The molecule has 0 bridgehead atoms. The largest absolute Gasteiger partial charge is 0.507 e. The van der Waals surface area contributed by atoms with E-state index in [9.17, 15) is 18.3 Å². The molecular formula is C16H18N2O6S. The summed E-state index contributed by atoms with van der Waals surface area (Å²) < 4.78 is 36.9. The molecule has 0 saturated carbocycles. The number of hydrogen-bond donors (Lipinski definition) is 2. The number of carbonyl (C=O) groups is 1. The van der Waals surface area contributed by atoms with Crippen LogP contribution < -0.4 is 5.32 Å². The summed E-state index contributed by atoms with van der Waals surface area (Å²) in [4.78, 5) is 12.2. The molecule has 0 unspecified atom stereocenters. The third kappa shape index (κ3) is 3.84. The molecule has 0 aliphatic carbocycles. The number of nitrogens with one attached hydrogen (secondary N) is 1. The quantitative estimate of drug-likeness (QED) is 0.815. The first kappa shape index (κ1) is 17.5. The van der Waals surface area contributed by atoms with Crippen LogP contribution in [0.15, 0.2) is 45.9 Å². The van der Waals surface area contributed by atoms with Gasteiger partial charge in [-0.1, -0.05) is 0 Å². The highest BCUT2D eigenvalue weighted by Gasteiger charge is 2.27. The van der Waals surface area contributed by atoms with Crippen LogP contribution >= 0.6 is 0 Å². The Morgan fingerprint density at radius 2 is 2.00 bits per heavy atom. The van der Waals surface area contributed by atoms with Crippen molar-refractivity contribution >= 4 is 15.9 Å². The van der Waals surface area contributed by atoms with Crippen LogP contribution in [0.4, 0.5) is 0 Å². The van der Waals surface area contributed by atoms with E-state index in [1.54, 1.807) is 12.1 Å². The molecule has 1 fully saturated rings. The molecule has 2 aromatic rings. The van der Waals surface area contributed by atoms with E-state index in [2.05, 4.69) is 5.32 Å². The zero-order chi connectivity index (χ0) is 17.9. The van der Waals surface area contributed by atoms with Gasteiger partial charge in [-0.15, -0.1) is 0 Å². The van der Waals surface area contributed by atoms with Crippen LogP contribution in [0.25, 0.3) is 0 Å². The lowest BCUT2D eigenvalue weighted by atomic mass is 10.2. The maximum atomic E-state index is 12.7. The zero-order valence-corrected chi connectivity index (χ0v) is 14.2. The molecule has 1 amide bonds. The molecule has 3 rings (SSSR count). The van der Waals surface area contributed by atoms with Crippen LogP contribution in [0, 0.1) is 0 Å². The Labute approximate surface area is 145 Å². The number of morpholine rings is 1. The second-order valence-electron chi connectivity index (χ2n) is 5.46. The Morgan fingerprint density at radius 1 is 1.24 bits per heavy atom. The van der Waals surface area contributed by atoms with Gasteiger partial charge in [-0.05, 0) is 30.3 Å². The van der Waals surface area contributed by atoms with E-state index >= 15 is 0 Å². The van der Waals surface area contributed by atoms with Gasteiger partial charge in [0.2, 0.25) is 10.0 Å². The first-order chi connectivity index (χ1) is 12.0. The van der Waals surface area contributed by atoms with Gasteiger partial charge in [0, 0.05) is 13.1 Å². The number of phenols is 1. The third-order valence-corrected chi connectivity index (χ3v) is 5.72. The summed E-state index contributed by atoms with van der Waals surface area (Å²) in [6, 6.07) is 7.05. The fourth-order valence-electron chi connectivity index (χ4n) is 2.47. The van der Waals surface area contributed by atoms with Crippen molar-refractivity contribution < 1.29 is 27.5 Å². The van der Waals surface area contributed by atoms with Crippen molar-refractivity contribution in [3.05, 3.63) is 47.9 Å². The van der Waals surface area contributed by atoms with E-state index in [4.69, 9.17) is 9.15 Å². The van der Waals surface area contributed by atoms with Gasteiger partial charge in [0.1, 0.15) is 11.5 Å². The highest BCUT2D eigenvalue weighted by atomic mass is 32.2. The van der Waals surface area contributed by atoms with Crippen molar-refractivity contribution in [3.8, 4) is 5.75 Å². The molecule has 1 aromatic heterocycles. The number of rotatable bonds is 5. The third-order valence-electron chi connectivity index (χ3n) is 3.82. The smallest absolute Gasteiger partial charge is 0.255 e. The van der Waals surface area contributed by atoms with Crippen molar-refractivity contribution in [2.75, 3.05) is 26.3 Å². The molecule has 1 aliphatic rings. The van der Waals surface area contributed by atoms with Gasteiger partial charge in [-0.2, -0.15) is 4.31 Å². The summed E-state index contributed by atoms with van der Waals surface area (Å²) in [5.41, 5.74) is -0.110. The molecule has 25 heavy (non-hydrogen) atoms. The number of phenolic OH excluding ortho intramolecular Hbond substituents is 1. The maximum Gasteiger partial charge on any atom is 0.255 e. The molecule has 134 valence electrons. The minimum Gasteiger partial charge on any atom is -0.507 e. The van der Waals surface area contributed by atoms with Crippen LogP contribution in [0.5, 0.6) is 5.75 Å². The van der Waals surface area contributed by atoms with Gasteiger partial charge < -0.3 is 19.6 Å². The number of ether oxygens (including phenoxy) is 1. The molecule has 1 aliphatic heterocycles. The number of nitrogens with zero attached hydrogens (tertiary/aromatic N) is 1. The molecular weight excluding hydrogens is 348 g/mol. The monoisotopic (exact) mass is 366 g/mol. The fraction of sp³-hybridized carbons (Fsp3) is 0.312. The molecule has 8 nitrogen and oxygen atoms in total. The van der Waals surface area contributed by atoms with Crippen molar-refractivity contribution in [2.45, 2.75) is 11.4 Å². The lowest BCUT2D eigenvalue weighted by molar-refractivity contribution is 0.0730. The summed E-state index contributed by atoms with van der Waals surface area (Å²) >= 11 is 0. The molecule has 1 saturated heterocycles. The summed E-state index contributed by atoms with van der Waals surface area (Å²) in [6.45, 7) is 1.29. The lowest BCUT2D eigenvalue weighted by Gasteiger charge is -2.26. The van der Waals surface area contributed by atoms with Gasteiger partial charge in [0.05, 0.1) is 36.5 Å². The highest BCUT2D eigenvalue weighted by Crippen LogP contribution is 2.24. The minimum atomic E-state index is -3.75. The predicted molar refractivity (Wildman–Crippen MR) is 87.6 cm³/mol. The Morgan fingerprint density at radius 3 is 2.68 bits per heavy atom. The average molecular weight is 366 g/mol. The van der Waals surface area contributed by atoms with Gasteiger partial charge in [0.15, 0.2) is 0 Å². The maximum absolute atomic E-state index is 12.7. The normalized spacial score (nSPS) is 15.8. The van der Waals surface area contributed by atoms with Crippen LogP contribution in [-0.2, 0) is 21.3 Å². The summed E-state index contributed by atoms with van der Waals surface area (Å²) in [6.07, 6.45) is 1.48. The molecule has 0 spiro atoms. The van der Waals surface area contributed by atoms with E-state index in [1.165, 1.54) is 28.8 Å². The summed E-state index contributed by atoms with van der Waals surface area (Å²) in [7, 11) is -3.75. The van der Waals surface area contributed by atoms with Gasteiger partial charge in [0.25, 0.3) is 5.91 Å². The van der Waals surface area contributed by atoms with Crippen LogP contribution in [0.1, 0.15) is 16.1 Å². The Balaban J connectivity index is 1.81. The van der Waals surface area contributed by atoms with Crippen LogP contribution in [-0.4, -0.2) is 50.0 Å². The van der Waals surface area contributed by atoms with E-state index in [1.807, 2.05) is 0 Å².